The van der Waals surface area contributed by atoms with Crippen LogP contribution < -0.4 is 5.32 Å². The van der Waals surface area contributed by atoms with Gasteiger partial charge in [-0.3, -0.25) is 0 Å². The molecule has 0 saturated heterocycles. The first kappa shape index (κ1) is 23.7. The lowest BCUT2D eigenvalue weighted by atomic mass is 10.2. The zero-order chi connectivity index (χ0) is 20.6. The van der Waals surface area contributed by atoms with Crippen LogP contribution >= 0.6 is 0 Å². The molecule has 0 fully saturated rings. The molecule has 7 nitrogen and oxygen atoms in total. The predicted octanol–water partition coefficient (Wildman–Crippen LogP) is 3.21. The van der Waals surface area contributed by atoms with Crippen LogP contribution in [0.4, 0.5) is 5.69 Å². The number of esters is 2. The van der Waals surface area contributed by atoms with E-state index in [0.717, 1.165) is 25.1 Å². The normalized spacial score (nSPS) is 10.4. The minimum atomic E-state index is -0.427. The van der Waals surface area contributed by atoms with Gasteiger partial charge < -0.3 is 24.3 Å². The van der Waals surface area contributed by atoms with Gasteiger partial charge in [-0.2, -0.15) is 0 Å². The van der Waals surface area contributed by atoms with Crippen molar-refractivity contribution < 1.29 is 28.5 Å². The Labute approximate surface area is 167 Å². The molecule has 0 atom stereocenters. The lowest BCUT2D eigenvalue weighted by Gasteiger charge is -2.08. The Hall–Kier alpha value is -2.38. The number of carbonyl (C=O) groups is 2. The van der Waals surface area contributed by atoms with Gasteiger partial charge in [0.05, 0.1) is 32.0 Å². The third-order valence-corrected chi connectivity index (χ3v) is 3.62. The van der Waals surface area contributed by atoms with Crippen LogP contribution in [0.5, 0.6) is 0 Å². The van der Waals surface area contributed by atoms with E-state index in [0.29, 0.717) is 31.0 Å². The van der Waals surface area contributed by atoms with Crippen LogP contribution in [-0.4, -0.2) is 58.1 Å². The largest absolute Gasteiger partial charge is 0.460 e. The molecule has 1 aromatic rings. The summed E-state index contributed by atoms with van der Waals surface area (Å²) in [5, 5.41) is 3.29. The summed E-state index contributed by atoms with van der Waals surface area (Å²) in [4.78, 5) is 23.1. The number of hydrogen-bond acceptors (Lipinski definition) is 7. The number of hydrogen-bond donors (Lipinski definition) is 1. The minimum absolute atomic E-state index is 0.172. The number of nitrogens with one attached hydrogen (secondary N) is 1. The molecule has 1 rings (SSSR count). The molecule has 1 N–H and O–H groups in total. The van der Waals surface area contributed by atoms with E-state index in [2.05, 4.69) is 18.8 Å². The number of carbonyl (C=O) groups excluding carboxylic acids is 2. The first-order valence-electron chi connectivity index (χ1n) is 9.53. The molecular formula is C21H31NO6. The average molecular weight is 393 g/mol. The Kier molecular flexibility index (Phi) is 12.4. The molecule has 0 aromatic heterocycles. The molecule has 28 heavy (non-hydrogen) atoms. The Balaban J connectivity index is 2.03. The molecule has 0 heterocycles. The lowest BCUT2D eigenvalue weighted by Crippen LogP contribution is -2.15. The molecular weight excluding hydrogens is 362 g/mol. The second-order valence-electron chi connectivity index (χ2n) is 6.13. The Morgan fingerprint density at radius 3 is 2.07 bits per heavy atom. The fraction of sp³-hybridized carbons (Fsp3) is 0.524. The van der Waals surface area contributed by atoms with Crippen LogP contribution in [0, 0.1) is 0 Å². The summed E-state index contributed by atoms with van der Waals surface area (Å²) < 4.78 is 20.6. The van der Waals surface area contributed by atoms with Gasteiger partial charge in [-0.05, 0) is 37.6 Å². The van der Waals surface area contributed by atoms with Crippen molar-refractivity contribution in [1.29, 1.82) is 0 Å². The molecule has 156 valence electrons. The second-order valence-corrected chi connectivity index (χ2v) is 6.13. The number of rotatable bonds is 15. The number of anilines is 1. The van der Waals surface area contributed by atoms with E-state index < -0.39 is 5.97 Å². The van der Waals surface area contributed by atoms with Gasteiger partial charge in [-0.25, -0.2) is 9.59 Å². The van der Waals surface area contributed by atoms with Gasteiger partial charge in [0.15, 0.2) is 0 Å². The van der Waals surface area contributed by atoms with Crippen molar-refractivity contribution in [2.75, 3.05) is 51.5 Å². The standard InChI is InChI=1S/C21H31NO6/c1-4-5-10-22-19-8-6-18(7-9-19)21(24)28-16-14-26-12-11-25-13-15-27-20(23)17(2)3/h6-9,22H,2,4-5,10-16H2,1,3H3. The van der Waals surface area contributed by atoms with Crippen molar-refractivity contribution >= 4 is 17.6 Å². The molecule has 0 radical (unpaired) electrons. The maximum Gasteiger partial charge on any atom is 0.338 e. The highest BCUT2D eigenvalue weighted by Gasteiger charge is 2.06. The number of benzene rings is 1. The van der Waals surface area contributed by atoms with Gasteiger partial charge in [0.25, 0.3) is 0 Å². The van der Waals surface area contributed by atoms with Crippen LogP contribution in [0.25, 0.3) is 0 Å². The van der Waals surface area contributed by atoms with Crippen molar-refractivity contribution in [3.8, 4) is 0 Å². The van der Waals surface area contributed by atoms with E-state index in [-0.39, 0.29) is 25.8 Å². The molecule has 0 aliphatic carbocycles. The fourth-order valence-electron chi connectivity index (χ4n) is 2.05. The van der Waals surface area contributed by atoms with E-state index in [1.54, 1.807) is 19.1 Å². The average Bonchev–Trinajstić information content (AvgIpc) is 2.69. The van der Waals surface area contributed by atoms with Gasteiger partial charge >= 0.3 is 11.9 Å². The summed E-state index contributed by atoms with van der Waals surface area (Å²) >= 11 is 0. The van der Waals surface area contributed by atoms with Gasteiger partial charge in [-0.15, -0.1) is 0 Å². The maximum absolute atomic E-state index is 12.0. The molecule has 0 amide bonds. The number of unbranched alkanes of at least 4 members (excludes halogenated alkanes) is 1. The summed E-state index contributed by atoms with van der Waals surface area (Å²) in [6.45, 7) is 9.79. The molecule has 0 aliphatic heterocycles. The predicted molar refractivity (Wildman–Crippen MR) is 108 cm³/mol. The van der Waals surface area contributed by atoms with Crippen molar-refractivity contribution in [2.45, 2.75) is 26.7 Å². The smallest absolute Gasteiger partial charge is 0.338 e. The fourth-order valence-corrected chi connectivity index (χ4v) is 2.05. The first-order valence-corrected chi connectivity index (χ1v) is 9.53. The molecule has 1 aromatic carbocycles. The summed E-state index contributed by atoms with van der Waals surface area (Å²) in [6.07, 6.45) is 2.24. The molecule has 0 unspecified atom stereocenters. The van der Waals surface area contributed by atoms with E-state index in [4.69, 9.17) is 18.9 Å². The SMILES string of the molecule is C=C(C)C(=O)OCCOCCOCCOC(=O)c1ccc(NCCCC)cc1. The Morgan fingerprint density at radius 1 is 0.929 bits per heavy atom. The van der Waals surface area contributed by atoms with E-state index >= 15 is 0 Å². The monoisotopic (exact) mass is 393 g/mol. The van der Waals surface area contributed by atoms with E-state index in [1.807, 2.05) is 12.1 Å². The molecule has 7 heteroatoms. The van der Waals surface area contributed by atoms with Gasteiger partial charge in [0, 0.05) is 17.8 Å². The lowest BCUT2D eigenvalue weighted by molar-refractivity contribution is -0.140. The highest BCUT2D eigenvalue weighted by Crippen LogP contribution is 2.10. The van der Waals surface area contributed by atoms with Crippen LogP contribution in [0.15, 0.2) is 36.4 Å². The van der Waals surface area contributed by atoms with Crippen molar-refractivity contribution in [1.82, 2.24) is 0 Å². The van der Waals surface area contributed by atoms with Crippen molar-refractivity contribution in [3.63, 3.8) is 0 Å². The minimum Gasteiger partial charge on any atom is -0.460 e. The second kappa shape index (κ2) is 14.6. The van der Waals surface area contributed by atoms with E-state index in [1.165, 1.54) is 0 Å². The molecule has 0 saturated carbocycles. The van der Waals surface area contributed by atoms with Gasteiger partial charge in [0.2, 0.25) is 0 Å². The van der Waals surface area contributed by atoms with Crippen LogP contribution in [0.2, 0.25) is 0 Å². The summed E-state index contributed by atoms with van der Waals surface area (Å²) in [6, 6.07) is 7.22. The van der Waals surface area contributed by atoms with Gasteiger partial charge in [-0.1, -0.05) is 19.9 Å². The van der Waals surface area contributed by atoms with Crippen LogP contribution in [0.3, 0.4) is 0 Å². The number of ether oxygens (including phenoxy) is 4. The third kappa shape index (κ3) is 10.7. The Morgan fingerprint density at radius 2 is 1.50 bits per heavy atom. The third-order valence-electron chi connectivity index (χ3n) is 3.62. The van der Waals surface area contributed by atoms with Crippen molar-refractivity contribution in [3.05, 3.63) is 42.0 Å². The van der Waals surface area contributed by atoms with Crippen LogP contribution in [-0.2, 0) is 23.7 Å². The quantitative estimate of drug-likeness (QED) is 0.278. The first-order chi connectivity index (χ1) is 13.5. The zero-order valence-electron chi connectivity index (χ0n) is 16.8. The maximum atomic E-state index is 12.0. The summed E-state index contributed by atoms with van der Waals surface area (Å²) in [5.41, 5.74) is 1.86. The van der Waals surface area contributed by atoms with Crippen LogP contribution in [0.1, 0.15) is 37.0 Å². The zero-order valence-corrected chi connectivity index (χ0v) is 16.8. The molecule has 0 aliphatic rings. The Bertz CT molecular complexity index is 599. The molecule has 0 bridgehead atoms. The molecule has 0 spiro atoms. The van der Waals surface area contributed by atoms with E-state index in [9.17, 15) is 9.59 Å². The van der Waals surface area contributed by atoms with Crippen molar-refractivity contribution in [2.24, 2.45) is 0 Å². The summed E-state index contributed by atoms with van der Waals surface area (Å²) in [7, 11) is 0. The summed E-state index contributed by atoms with van der Waals surface area (Å²) in [5.74, 6) is -0.802. The topological polar surface area (TPSA) is 83.1 Å². The highest BCUT2D eigenvalue weighted by atomic mass is 16.6. The van der Waals surface area contributed by atoms with Gasteiger partial charge in [0.1, 0.15) is 13.2 Å². The highest BCUT2D eigenvalue weighted by molar-refractivity contribution is 5.89.